The molecule has 1 amide bonds. The van der Waals surface area contributed by atoms with Crippen LogP contribution in [0.25, 0.3) is 0 Å². The number of amides is 1. The van der Waals surface area contributed by atoms with Crippen LogP contribution in [0.4, 0.5) is 11.4 Å². The molecule has 0 aliphatic heterocycles. The van der Waals surface area contributed by atoms with Gasteiger partial charge in [-0.1, -0.05) is 476 Å². The molecule has 15 heteroatoms. The van der Waals surface area contributed by atoms with Gasteiger partial charge >= 0.3 is 11.9 Å². The number of hydrogen-bond acceptors (Lipinski definition) is 7. The number of nitrogen functional groups attached to an aromatic ring is 1. The van der Waals surface area contributed by atoms with Crippen LogP contribution < -0.4 is 74.7 Å². The van der Waals surface area contributed by atoms with Gasteiger partial charge in [0, 0.05) is 107 Å². The predicted octanol–water partition coefficient (Wildman–Crippen LogP) is 27.4. The molecule has 0 radical (unpaired) electrons. The molecule has 17 aromatic carbocycles. The summed E-state index contributed by atoms with van der Waals surface area (Å²) in [6.07, 6.45) is 15.2. The van der Waals surface area contributed by atoms with Crippen molar-refractivity contribution in [1.82, 2.24) is 15.0 Å². The van der Waals surface area contributed by atoms with Crippen molar-refractivity contribution in [3.05, 3.63) is 620 Å². The number of aromatic carboxylic acids is 2. The number of para-hydroxylation sites is 2. The first-order valence-corrected chi connectivity index (χ1v) is 53.9. The minimum atomic E-state index is -0.945. The predicted molar refractivity (Wildman–Crippen MR) is 640 cm³/mol. The third-order valence-electron chi connectivity index (χ3n) is 21.6. The van der Waals surface area contributed by atoms with Gasteiger partial charge in [-0.2, -0.15) is 0 Å². The number of rotatable bonds is 16. The zero-order chi connectivity index (χ0) is 105. The van der Waals surface area contributed by atoms with Crippen LogP contribution in [-0.4, -0.2) is 43.0 Å². The van der Waals surface area contributed by atoms with Crippen molar-refractivity contribution in [3.8, 4) is 36.0 Å². The van der Waals surface area contributed by atoms with E-state index in [1.165, 1.54) is 63.7 Å². The first-order valence-electron chi connectivity index (χ1n) is 48.6. The van der Waals surface area contributed by atoms with Crippen LogP contribution in [0.2, 0.25) is 0 Å². The number of carboxylic acid groups (broad SMARTS) is 2. The van der Waals surface area contributed by atoms with Gasteiger partial charge in [0.05, 0.1) is 11.1 Å². The maximum atomic E-state index is 12.4. The number of hydrogen-bond donors (Lipinski definition) is 4. The number of nitrogens with one attached hydrogen (secondary N) is 1. The van der Waals surface area contributed by atoms with Crippen molar-refractivity contribution in [2.24, 2.45) is 0 Å². The van der Waals surface area contributed by atoms with E-state index in [1.807, 2.05) is 177 Å². The molecule has 0 unspecified atom stereocenters. The maximum Gasteiger partial charge on any atom is 0.335 e. The fraction of sp³-hybridized carbons (Fsp3) is 0.0597. The molecule has 0 saturated carbocycles. The summed E-state index contributed by atoms with van der Waals surface area (Å²) in [6.45, 7) is 15.7. The summed E-state index contributed by atoms with van der Waals surface area (Å²) < 4.78 is 0. The van der Waals surface area contributed by atoms with Crippen LogP contribution in [0.5, 0.6) is 0 Å². The van der Waals surface area contributed by atoms with Crippen molar-refractivity contribution in [2.75, 3.05) is 11.1 Å². The molecule has 3 heterocycles. The van der Waals surface area contributed by atoms with Crippen LogP contribution in [0, 0.1) is 63.7 Å². The third-order valence-corrected chi connectivity index (χ3v) is 31.4. The molecule has 3 aromatic heterocycles. The normalized spacial score (nSPS) is 9.71. The Kier molecular flexibility index (Phi) is 52.3. The van der Waals surface area contributed by atoms with E-state index in [2.05, 4.69) is 414 Å². The summed E-state index contributed by atoms with van der Waals surface area (Å²) in [4.78, 5) is 45.6. The molecule has 0 atom stereocenters. The van der Waals surface area contributed by atoms with E-state index in [9.17, 15) is 14.4 Å². The van der Waals surface area contributed by atoms with Crippen LogP contribution in [-0.2, 0) is 20.4 Å². The number of anilines is 2. The van der Waals surface area contributed by atoms with Gasteiger partial charge in [-0.05, 0) is 242 Å². The molecule has 0 fully saturated rings. The van der Waals surface area contributed by atoms with Gasteiger partial charge in [-0.15, -0.1) is 6.42 Å². The largest absolute Gasteiger partial charge is 0.478 e. The zero-order valence-electron chi connectivity index (χ0n) is 84.8. The maximum absolute atomic E-state index is 12.4. The molecule has 10 nitrogen and oxygen atoms in total. The van der Waals surface area contributed by atoms with Gasteiger partial charge in [0.2, 0.25) is 0 Å². The Balaban J connectivity index is 0.000000263. The van der Waals surface area contributed by atoms with Crippen molar-refractivity contribution in [1.29, 1.82) is 0 Å². The van der Waals surface area contributed by atoms with E-state index in [-0.39, 0.29) is 36.2 Å². The van der Waals surface area contributed by atoms with E-state index >= 15 is 0 Å². The number of benzene rings is 17. The quantitative estimate of drug-likeness (QED) is 0.0318. The molecule has 0 spiro atoms. The molecule has 20 rings (SSSR count). The topological polar surface area (TPSA) is 168 Å². The van der Waals surface area contributed by atoms with Crippen molar-refractivity contribution in [3.63, 3.8) is 0 Å². The van der Waals surface area contributed by atoms with Gasteiger partial charge in [0.25, 0.3) is 5.91 Å². The van der Waals surface area contributed by atoms with Gasteiger partial charge in [-0.3, -0.25) is 19.7 Å². The standard InChI is InChI=1S/C21H16N2O.4C18H15P.C15H11NO2.C9H10O2.C7H5N.C6H7N.2C2H6.Pd.3H2/c1-16-9-11-19(21(24)23-20-7-3-2-4-8-20)14-18(16)12-10-17-6-5-13-22-15-17;4*1-4-10-16(11-5-1)19(17-12-6-2-7-13-17)18-14-8-3-9-15-18;1-11-4-6-14(15(17)18)9-13(11)7-5-12-3-2-8-16-10-12;1-6-3-4-8(9(10)11)5-7(6)2;1-2-7-4-3-5-8-6-7;7-6-4-2-1-3-5-6;2*1-2;;;;/h2-9,11,13-15H,1H3,(H,23,24);4*1-15H;2-4,6,8-10H,1H3,(H,17,18);3-5H,1-2H3,(H,10,11);1,3-6H;1-5H,7H2;2*1-2H3;;3*1H/i;;;;;;;;;;;;3*1+2. The van der Waals surface area contributed by atoms with E-state index in [4.69, 9.17) is 22.4 Å². The van der Waals surface area contributed by atoms with Gasteiger partial charge in [0.15, 0.2) is 0 Å². The molecule has 149 heavy (non-hydrogen) atoms. The van der Waals surface area contributed by atoms with Gasteiger partial charge in [-0.25, -0.2) is 9.59 Å². The number of nitrogens with zero attached hydrogens (tertiary/aromatic N) is 3. The first-order chi connectivity index (χ1) is 72.6. The number of terminal acetylenes is 1. The Bertz CT molecular complexity index is 6570. The summed E-state index contributed by atoms with van der Waals surface area (Å²) in [5.41, 5.74) is 16.3. The molecule has 20 aromatic rings. The Morgan fingerprint density at radius 3 is 0.685 bits per heavy atom. The third kappa shape index (κ3) is 40.1. The van der Waals surface area contributed by atoms with Crippen molar-refractivity contribution in [2.45, 2.75) is 55.4 Å². The van der Waals surface area contributed by atoms with Crippen molar-refractivity contribution < 1.29 is 49.3 Å². The molecule has 748 valence electrons. The molecule has 0 aliphatic rings. The molecule has 0 aliphatic carbocycles. The second kappa shape index (κ2) is 67.2. The number of carboxylic acids is 2. The molecule has 0 bridgehead atoms. The number of aryl methyl sites for hydroxylation is 4. The van der Waals surface area contributed by atoms with Crippen LogP contribution in [0.15, 0.2) is 553 Å². The molecular weight excluding hydrogens is 1990 g/mol. The molecule has 0 saturated heterocycles. The second-order valence-corrected chi connectivity index (χ2v) is 40.8. The average molecular weight is 2120 g/mol. The molecule has 5 N–H and O–H groups in total. The summed E-state index contributed by atoms with van der Waals surface area (Å²) in [5, 5.41) is 37.2. The summed E-state index contributed by atoms with van der Waals surface area (Å²) >= 11 is 0. The fourth-order valence-corrected chi connectivity index (χ4v) is 23.4. The Morgan fingerprint density at radius 1 is 0.262 bits per heavy atom. The number of aromatic nitrogens is 3. The Labute approximate surface area is 904 Å². The van der Waals surface area contributed by atoms with Gasteiger partial charge < -0.3 is 21.3 Å². The average Bonchev–Trinajstić information content (AvgIpc) is 0.827. The van der Waals surface area contributed by atoms with Crippen LogP contribution >= 0.6 is 31.7 Å². The summed E-state index contributed by atoms with van der Waals surface area (Å²) in [7, 11) is -1.78. The zero-order valence-corrected chi connectivity index (χ0v) is 89.9. The summed E-state index contributed by atoms with van der Waals surface area (Å²) in [6, 6.07) is 175. The van der Waals surface area contributed by atoms with Crippen LogP contribution in [0.1, 0.15) is 113 Å². The minimum Gasteiger partial charge on any atom is -0.478 e. The number of carbonyl (C=O) groups excluding carboxylic acids is 1. The number of pyridine rings is 3. The monoisotopic (exact) mass is 2120 g/mol. The summed E-state index contributed by atoms with van der Waals surface area (Å²) in [5.74, 6) is 12.6. The fourth-order valence-electron chi connectivity index (χ4n) is 14.2. The second-order valence-electron chi connectivity index (χ2n) is 31.9. The number of carbonyl (C=O) groups is 3. The van der Waals surface area contributed by atoms with Crippen LogP contribution in [0.3, 0.4) is 0 Å². The van der Waals surface area contributed by atoms with E-state index < -0.39 is 43.6 Å². The van der Waals surface area contributed by atoms with Gasteiger partial charge in [0.1, 0.15) is 0 Å². The van der Waals surface area contributed by atoms with E-state index in [0.29, 0.717) is 11.1 Å². The smallest absolute Gasteiger partial charge is 0.335 e. The Hall–Kier alpha value is -16.5. The van der Waals surface area contributed by atoms with Crippen molar-refractivity contribution >= 4 is 125 Å². The minimum absolute atomic E-state index is 0. The Morgan fingerprint density at radius 2 is 0.477 bits per heavy atom. The number of nitrogens with two attached hydrogens (primary N) is 1. The first kappa shape index (κ1) is 116. The SMILES string of the molecule is C#Cc1cccnc1.CC.CC.Cc1ccc(C(=O)Nc2ccccc2)cc1C#Cc1cccnc1.Cc1ccc(C(=O)O)cc1C.Cc1ccc(C(=O)O)cc1C#Cc1cccnc1.Nc1ccccc1.[3HH].[3HH].[3HH].[Pd].c1ccc(P(c2ccccc2)c2ccccc2)cc1.c1ccc(P(c2ccccc2)c2ccccc2)cc1.c1ccc(P(c2ccccc2)c2ccccc2)cc1.c1ccc(P(c2ccccc2)c2ccccc2)cc1. The van der Waals surface area contributed by atoms with E-state index in [0.717, 1.165) is 61.4 Å². The molecular formula is C134H127N5O5P4Pd. The van der Waals surface area contributed by atoms with E-state index in [1.54, 1.807) is 67.5 Å².